The molecule has 2 bridgehead atoms. The topological polar surface area (TPSA) is 106 Å². The molecule has 2 amide bonds. The van der Waals surface area contributed by atoms with Crippen LogP contribution in [0.4, 0.5) is 5.69 Å². The molecule has 3 aliphatic heterocycles. The summed E-state index contributed by atoms with van der Waals surface area (Å²) in [6.07, 6.45) is 4.27. The van der Waals surface area contributed by atoms with Crippen LogP contribution in [0.3, 0.4) is 0 Å². The van der Waals surface area contributed by atoms with Crippen LogP contribution in [0.15, 0.2) is 49.6 Å². The van der Waals surface area contributed by atoms with Gasteiger partial charge >= 0.3 is 5.97 Å². The van der Waals surface area contributed by atoms with Crippen molar-refractivity contribution in [1.29, 1.82) is 0 Å². The smallest absolute Gasteiger partial charge is 0.312 e. The van der Waals surface area contributed by atoms with Gasteiger partial charge in [-0.25, -0.2) is 0 Å². The van der Waals surface area contributed by atoms with Gasteiger partial charge in [0.25, 0.3) is 5.91 Å². The number of rotatable bonds is 12. The Balaban J connectivity index is 1.77. The third-order valence-corrected chi connectivity index (χ3v) is 8.09. The van der Waals surface area contributed by atoms with Crippen molar-refractivity contribution in [1.82, 2.24) is 4.90 Å². The Morgan fingerprint density at radius 2 is 1.97 bits per heavy atom. The lowest BCUT2D eigenvalue weighted by molar-refractivity contribution is -0.156. The van der Waals surface area contributed by atoms with Crippen molar-refractivity contribution < 1.29 is 33.7 Å². The summed E-state index contributed by atoms with van der Waals surface area (Å²) in [4.78, 5) is 44.9. The molecule has 0 aliphatic carbocycles. The SMILES string of the molecule is C=CCCOC(=O)[C@@H]1[C@H]2C(=O)N([C@@H](CO)C(C)C)C(C(=O)N(CC=C)c3ccc(OC)cc3)C23CC[C@H]1O3. The van der Waals surface area contributed by atoms with Gasteiger partial charge in [-0.3, -0.25) is 14.4 Å². The molecule has 1 aromatic carbocycles. The van der Waals surface area contributed by atoms with Crippen LogP contribution in [-0.2, 0) is 23.9 Å². The Hall–Kier alpha value is -3.17. The second-order valence-electron chi connectivity index (χ2n) is 10.5. The van der Waals surface area contributed by atoms with Crippen LogP contribution in [-0.4, -0.2) is 78.4 Å². The summed E-state index contributed by atoms with van der Waals surface area (Å²) in [5.41, 5.74) is -0.573. The van der Waals surface area contributed by atoms with Gasteiger partial charge in [0.1, 0.15) is 17.4 Å². The van der Waals surface area contributed by atoms with Crippen LogP contribution in [0.1, 0.15) is 33.1 Å². The Morgan fingerprint density at radius 3 is 2.55 bits per heavy atom. The number of fused-ring (bicyclic) bond motifs is 1. The average molecular weight is 527 g/mol. The highest BCUT2D eigenvalue weighted by Crippen LogP contribution is 2.59. The lowest BCUT2D eigenvalue weighted by Crippen LogP contribution is -2.59. The quantitative estimate of drug-likeness (QED) is 0.254. The highest BCUT2D eigenvalue weighted by molar-refractivity contribution is 6.04. The molecule has 0 aromatic heterocycles. The summed E-state index contributed by atoms with van der Waals surface area (Å²) in [6.45, 7) is 11.3. The molecule has 3 fully saturated rings. The highest BCUT2D eigenvalue weighted by Gasteiger charge is 2.75. The Morgan fingerprint density at radius 1 is 1.26 bits per heavy atom. The first-order valence-corrected chi connectivity index (χ1v) is 13.2. The molecule has 2 unspecified atom stereocenters. The zero-order valence-corrected chi connectivity index (χ0v) is 22.4. The van der Waals surface area contributed by atoms with Crippen molar-refractivity contribution in [2.45, 2.75) is 56.9 Å². The lowest BCUT2D eigenvalue weighted by Gasteiger charge is -2.40. The minimum absolute atomic E-state index is 0.140. The number of ether oxygens (including phenoxy) is 3. The van der Waals surface area contributed by atoms with E-state index in [2.05, 4.69) is 13.2 Å². The zero-order chi connectivity index (χ0) is 27.6. The van der Waals surface area contributed by atoms with Gasteiger partial charge in [0.05, 0.1) is 44.3 Å². The summed E-state index contributed by atoms with van der Waals surface area (Å²) in [5, 5.41) is 10.3. The number of hydrogen-bond acceptors (Lipinski definition) is 7. The molecule has 3 saturated heterocycles. The molecule has 3 heterocycles. The Labute approximate surface area is 224 Å². The summed E-state index contributed by atoms with van der Waals surface area (Å²) < 4.78 is 17.2. The van der Waals surface area contributed by atoms with Gasteiger partial charge in [0.2, 0.25) is 5.91 Å². The van der Waals surface area contributed by atoms with Gasteiger partial charge < -0.3 is 29.1 Å². The standard InChI is InChI=1S/C29H38N2O7/c1-6-8-16-37-28(35)23-22-13-14-29(38-22)24(23)26(33)31(21(17-32)18(3)4)25(29)27(34)30(15-7-2)19-9-11-20(36-5)12-10-19/h6-7,9-12,18,21-25,32H,1-2,8,13-17H2,3-5H3/t21-,22+,23-,24-,25?,29?/m0/s1. The molecule has 206 valence electrons. The van der Waals surface area contributed by atoms with Gasteiger partial charge in [-0.2, -0.15) is 0 Å². The van der Waals surface area contributed by atoms with Gasteiger partial charge in [0.15, 0.2) is 0 Å². The second-order valence-corrected chi connectivity index (χ2v) is 10.5. The fraction of sp³-hybridized carbons (Fsp3) is 0.552. The largest absolute Gasteiger partial charge is 0.497 e. The molecule has 3 aliphatic rings. The van der Waals surface area contributed by atoms with E-state index in [0.717, 1.165) is 0 Å². The normalized spacial score (nSPS) is 28.2. The van der Waals surface area contributed by atoms with E-state index in [1.165, 1.54) is 4.90 Å². The average Bonchev–Trinajstić information content (AvgIpc) is 3.55. The monoisotopic (exact) mass is 526 g/mol. The van der Waals surface area contributed by atoms with Crippen molar-refractivity contribution in [2.24, 2.45) is 17.8 Å². The number of esters is 1. The minimum atomic E-state index is -1.19. The molecule has 9 nitrogen and oxygen atoms in total. The molecule has 1 N–H and O–H groups in total. The first-order valence-electron chi connectivity index (χ1n) is 13.2. The fourth-order valence-corrected chi connectivity index (χ4v) is 6.32. The van der Waals surface area contributed by atoms with Gasteiger partial charge in [0, 0.05) is 12.2 Å². The molecule has 1 aromatic rings. The first kappa shape index (κ1) is 27.9. The van der Waals surface area contributed by atoms with Crippen molar-refractivity contribution in [3.05, 3.63) is 49.6 Å². The maximum absolute atomic E-state index is 14.5. The number of aliphatic hydroxyl groups is 1. The van der Waals surface area contributed by atoms with Crippen LogP contribution < -0.4 is 9.64 Å². The number of anilines is 1. The second kappa shape index (κ2) is 11.3. The van der Waals surface area contributed by atoms with Crippen molar-refractivity contribution in [3.63, 3.8) is 0 Å². The van der Waals surface area contributed by atoms with Crippen LogP contribution in [0, 0.1) is 17.8 Å². The molecule has 4 rings (SSSR count). The molecule has 0 saturated carbocycles. The van der Waals surface area contributed by atoms with Crippen LogP contribution >= 0.6 is 0 Å². The summed E-state index contributed by atoms with van der Waals surface area (Å²) >= 11 is 0. The van der Waals surface area contributed by atoms with Gasteiger partial charge in [-0.05, 0) is 49.4 Å². The van der Waals surface area contributed by atoms with E-state index in [0.29, 0.717) is 30.7 Å². The van der Waals surface area contributed by atoms with Gasteiger partial charge in [-0.15, -0.1) is 13.2 Å². The number of benzene rings is 1. The molecule has 9 heteroatoms. The van der Waals surface area contributed by atoms with E-state index in [1.54, 1.807) is 48.4 Å². The lowest BCUT2D eigenvalue weighted by atomic mass is 9.70. The number of carbonyl (C=O) groups excluding carboxylic acids is 3. The Kier molecular flexibility index (Phi) is 8.28. The fourth-order valence-electron chi connectivity index (χ4n) is 6.32. The minimum Gasteiger partial charge on any atom is -0.497 e. The van der Waals surface area contributed by atoms with Crippen LogP contribution in [0.2, 0.25) is 0 Å². The zero-order valence-electron chi connectivity index (χ0n) is 22.4. The molecular weight excluding hydrogens is 488 g/mol. The summed E-state index contributed by atoms with van der Waals surface area (Å²) in [5.74, 6) is -2.34. The predicted molar refractivity (Wildman–Crippen MR) is 141 cm³/mol. The number of hydrogen-bond donors (Lipinski definition) is 1. The van der Waals surface area contributed by atoms with E-state index < -0.39 is 41.6 Å². The first-order chi connectivity index (χ1) is 18.2. The maximum atomic E-state index is 14.5. The number of carbonyl (C=O) groups is 3. The highest BCUT2D eigenvalue weighted by atomic mass is 16.6. The van der Waals surface area contributed by atoms with Gasteiger partial charge in [-0.1, -0.05) is 26.0 Å². The van der Waals surface area contributed by atoms with Crippen molar-refractivity contribution in [3.8, 4) is 5.75 Å². The predicted octanol–water partition coefficient (Wildman–Crippen LogP) is 2.72. The number of nitrogens with zero attached hydrogens (tertiary/aromatic N) is 2. The molecule has 0 radical (unpaired) electrons. The molecule has 1 spiro atoms. The third-order valence-electron chi connectivity index (χ3n) is 8.09. The summed E-state index contributed by atoms with van der Waals surface area (Å²) in [6, 6.07) is 5.42. The van der Waals surface area contributed by atoms with E-state index >= 15 is 0 Å². The summed E-state index contributed by atoms with van der Waals surface area (Å²) in [7, 11) is 1.57. The Bertz CT molecular complexity index is 1070. The number of likely N-dealkylation sites (tertiary alicyclic amines) is 1. The van der Waals surface area contributed by atoms with Crippen LogP contribution in [0.25, 0.3) is 0 Å². The van der Waals surface area contributed by atoms with Crippen LogP contribution in [0.5, 0.6) is 5.75 Å². The van der Waals surface area contributed by atoms with Crippen molar-refractivity contribution >= 4 is 23.5 Å². The maximum Gasteiger partial charge on any atom is 0.312 e. The van der Waals surface area contributed by atoms with E-state index in [1.807, 2.05) is 13.8 Å². The number of methoxy groups -OCH3 is 1. The van der Waals surface area contributed by atoms with E-state index in [9.17, 15) is 19.5 Å². The number of aliphatic hydroxyl groups excluding tert-OH is 1. The van der Waals surface area contributed by atoms with E-state index in [-0.39, 0.29) is 37.5 Å². The molecule has 38 heavy (non-hydrogen) atoms. The van der Waals surface area contributed by atoms with Crippen molar-refractivity contribution in [2.75, 3.05) is 31.8 Å². The molecular formula is C29H38N2O7. The third kappa shape index (κ3) is 4.52. The van der Waals surface area contributed by atoms with E-state index in [4.69, 9.17) is 14.2 Å². The molecule has 6 atom stereocenters. The number of amides is 2.